The predicted octanol–water partition coefficient (Wildman–Crippen LogP) is 2.44. The number of rotatable bonds is 3. The molecule has 1 aliphatic heterocycles. The smallest absolute Gasteiger partial charge is 0.254 e. The molecule has 6 heteroatoms. The number of nitrogens with zero attached hydrogens (tertiary/aromatic N) is 2. The van der Waals surface area contributed by atoms with Crippen LogP contribution in [0.1, 0.15) is 41.1 Å². The first-order valence-corrected chi connectivity index (χ1v) is 7.62. The van der Waals surface area contributed by atoms with Crippen molar-refractivity contribution in [2.24, 2.45) is 0 Å². The summed E-state index contributed by atoms with van der Waals surface area (Å²) >= 11 is 0. The van der Waals surface area contributed by atoms with Crippen LogP contribution in [0.4, 0.5) is 0 Å². The van der Waals surface area contributed by atoms with Gasteiger partial charge in [0.1, 0.15) is 5.82 Å². The van der Waals surface area contributed by atoms with E-state index in [2.05, 4.69) is 15.3 Å². The van der Waals surface area contributed by atoms with E-state index in [0.29, 0.717) is 24.6 Å². The van der Waals surface area contributed by atoms with E-state index in [1.165, 1.54) is 12.4 Å². The first-order valence-electron chi connectivity index (χ1n) is 7.62. The zero-order chi connectivity index (χ0) is 16.2. The topological polar surface area (TPSA) is 73.3 Å². The molecule has 0 bridgehead atoms. The van der Waals surface area contributed by atoms with Gasteiger partial charge in [0.05, 0.1) is 24.8 Å². The number of aryl methyl sites for hydroxylation is 1. The molecular weight excluding hydrogens is 294 g/mol. The molecule has 2 heterocycles. The van der Waals surface area contributed by atoms with Gasteiger partial charge in [0.2, 0.25) is 0 Å². The van der Waals surface area contributed by atoms with E-state index in [-0.39, 0.29) is 11.9 Å². The van der Waals surface area contributed by atoms with Crippen LogP contribution in [-0.4, -0.2) is 29.1 Å². The largest absolute Gasteiger partial charge is 0.490 e. The lowest BCUT2D eigenvalue weighted by molar-refractivity contribution is 0.0939. The molecule has 0 fully saturated rings. The molecule has 120 valence electrons. The second kappa shape index (κ2) is 6.64. The van der Waals surface area contributed by atoms with Gasteiger partial charge in [-0.25, -0.2) is 9.97 Å². The van der Waals surface area contributed by atoms with Crippen molar-refractivity contribution in [1.29, 1.82) is 0 Å². The second-order valence-electron chi connectivity index (χ2n) is 5.47. The van der Waals surface area contributed by atoms with Crippen molar-refractivity contribution in [3.63, 3.8) is 0 Å². The van der Waals surface area contributed by atoms with Crippen LogP contribution in [0.2, 0.25) is 0 Å². The van der Waals surface area contributed by atoms with Gasteiger partial charge in [0, 0.05) is 18.8 Å². The third kappa shape index (κ3) is 3.59. The number of fused-ring (bicyclic) bond motifs is 1. The number of carbonyl (C=O) groups is 1. The molecule has 1 aromatic carbocycles. The van der Waals surface area contributed by atoms with Gasteiger partial charge >= 0.3 is 0 Å². The summed E-state index contributed by atoms with van der Waals surface area (Å²) in [5, 5.41) is 2.94. The fourth-order valence-electron chi connectivity index (χ4n) is 2.32. The highest BCUT2D eigenvalue weighted by atomic mass is 16.5. The Hall–Kier alpha value is -2.63. The van der Waals surface area contributed by atoms with Crippen LogP contribution in [0.25, 0.3) is 0 Å². The van der Waals surface area contributed by atoms with Gasteiger partial charge in [-0.3, -0.25) is 4.79 Å². The van der Waals surface area contributed by atoms with Crippen LogP contribution >= 0.6 is 0 Å². The molecule has 0 saturated carbocycles. The number of carbonyl (C=O) groups excluding carboxylic acids is 1. The molecule has 2 aromatic rings. The number of nitrogens with one attached hydrogen (secondary N) is 1. The van der Waals surface area contributed by atoms with Crippen molar-refractivity contribution in [2.75, 3.05) is 13.2 Å². The Morgan fingerprint density at radius 2 is 1.87 bits per heavy atom. The van der Waals surface area contributed by atoms with Gasteiger partial charge in [0.15, 0.2) is 11.5 Å². The van der Waals surface area contributed by atoms with Crippen molar-refractivity contribution in [2.45, 2.75) is 26.3 Å². The standard InChI is InChI=1S/C17H19N3O3/c1-11(20-17(21)14-9-18-12(2)19-10-14)13-4-5-15-16(8-13)23-7-3-6-22-15/h4-5,8-11H,3,6-7H2,1-2H3,(H,20,21). The van der Waals surface area contributed by atoms with Crippen LogP contribution in [0.5, 0.6) is 11.5 Å². The molecule has 1 aliphatic rings. The quantitative estimate of drug-likeness (QED) is 0.942. The Balaban J connectivity index is 1.72. The van der Waals surface area contributed by atoms with Crippen LogP contribution < -0.4 is 14.8 Å². The van der Waals surface area contributed by atoms with E-state index in [4.69, 9.17) is 9.47 Å². The lowest BCUT2D eigenvalue weighted by Gasteiger charge is -2.16. The fourth-order valence-corrected chi connectivity index (χ4v) is 2.32. The minimum atomic E-state index is -0.204. The normalized spacial score (nSPS) is 14.7. The lowest BCUT2D eigenvalue weighted by atomic mass is 10.1. The fraction of sp³-hybridized carbons (Fsp3) is 0.353. The van der Waals surface area contributed by atoms with E-state index in [1.54, 1.807) is 6.92 Å². The van der Waals surface area contributed by atoms with Gasteiger partial charge in [-0.1, -0.05) is 6.07 Å². The van der Waals surface area contributed by atoms with Gasteiger partial charge in [0.25, 0.3) is 5.91 Å². The number of hydrogen-bond donors (Lipinski definition) is 1. The minimum absolute atomic E-state index is 0.166. The molecule has 0 radical (unpaired) electrons. The van der Waals surface area contributed by atoms with Crippen LogP contribution in [0, 0.1) is 6.92 Å². The Kier molecular flexibility index (Phi) is 4.41. The third-order valence-corrected chi connectivity index (χ3v) is 3.66. The third-order valence-electron chi connectivity index (χ3n) is 3.66. The molecule has 3 rings (SSSR count). The molecule has 0 spiro atoms. The lowest BCUT2D eigenvalue weighted by Crippen LogP contribution is -2.27. The zero-order valence-corrected chi connectivity index (χ0v) is 13.2. The number of amides is 1. The highest BCUT2D eigenvalue weighted by molar-refractivity contribution is 5.93. The number of benzene rings is 1. The molecule has 1 atom stereocenters. The Morgan fingerprint density at radius 1 is 1.17 bits per heavy atom. The molecule has 6 nitrogen and oxygen atoms in total. The van der Waals surface area contributed by atoms with Crippen LogP contribution in [-0.2, 0) is 0 Å². The molecule has 1 unspecified atom stereocenters. The maximum absolute atomic E-state index is 12.2. The molecule has 1 aromatic heterocycles. The molecule has 0 saturated heterocycles. The average Bonchev–Trinajstić information content (AvgIpc) is 2.79. The van der Waals surface area contributed by atoms with Crippen molar-refractivity contribution >= 4 is 5.91 Å². The van der Waals surface area contributed by atoms with E-state index in [0.717, 1.165) is 23.5 Å². The summed E-state index contributed by atoms with van der Waals surface area (Å²) in [5.41, 5.74) is 1.40. The number of ether oxygens (including phenoxy) is 2. The zero-order valence-electron chi connectivity index (χ0n) is 13.2. The molecule has 1 amide bonds. The van der Waals surface area contributed by atoms with Gasteiger partial charge in [-0.2, -0.15) is 0 Å². The van der Waals surface area contributed by atoms with Crippen LogP contribution in [0.3, 0.4) is 0 Å². The van der Waals surface area contributed by atoms with Crippen molar-refractivity contribution in [3.05, 3.63) is 47.5 Å². The van der Waals surface area contributed by atoms with Crippen molar-refractivity contribution < 1.29 is 14.3 Å². The Labute approximate surface area is 134 Å². The summed E-state index contributed by atoms with van der Waals surface area (Å²) in [6.07, 6.45) is 3.92. The number of hydrogen-bond acceptors (Lipinski definition) is 5. The maximum Gasteiger partial charge on any atom is 0.254 e. The maximum atomic E-state index is 12.2. The summed E-state index contributed by atoms with van der Waals surface area (Å²) in [4.78, 5) is 20.3. The van der Waals surface area contributed by atoms with E-state index in [9.17, 15) is 4.79 Å². The summed E-state index contributed by atoms with van der Waals surface area (Å²) in [6, 6.07) is 5.57. The Bertz CT molecular complexity index is 701. The molecule has 1 N–H and O–H groups in total. The SMILES string of the molecule is Cc1ncc(C(=O)NC(C)c2ccc3c(c2)OCCCO3)cn1. The summed E-state index contributed by atoms with van der Waals surface area (Å²) in [5.74, 6) is 1.90. The second-order valence-corrected chi connectivity index (χ2v) is 5.47. The molecule has 23 heavy (non-hydrogen) atoms. The summed E-state index contributed by atoms with van der Waals surface area (Å²) in [6.45, 7) is 5.00. The van der Waals surface area contributed by atoms with Crippen LogP contribution in [0.15, 0.2) is 30.6 Å². The minimum Gasteiger partial charge on any atom is -0.490 e. The monoisotopic (exact) mass is 313 g/mol. The Morgan fingerprint density at radius 3 is 2.61 bits per heavy atom. The molecule has 0 aliphatic carbocycles. The van der Waals surface area contributed by atoms with Gasteiger partial charge in [-0.05, 0) is 31.5 Å². The van der Waals surface area contributed by atoms with E-state index >= 15 is 0 Å². The first kappa shape index (κ1) is 15.3. The first-order chi connectivity index (χ1) is 11.1. The predicted molar refractivity (Wildman–Crippen MR) is 84.7 cm³/mol. The number of aromatic nitrogens is 2. The van der Waals surface area contributed by atoms with E-state index in [1.807, 2.05) is 25.1 Å². The van der Waals surface area contributed by atoms with Gasteiger partial charge in [-0.15, -0.1) is 0 Å². The summed E-state index contributed by atoms with van der Waals surface area (Å²) < 4.78 is 11.3. The summed E-state index contributed by atoms with van der Waals surface area (Å²) in [7, 11) is 0. The molecular formula is C17H19N3O3. The highest BCUT2D eigenvalue weighted by Crippen LogP contribution is 2.32. The van der Waals surface area contributed by atoms with Crippen molar-refractivity contribution in [3.8, 4) is 11.5 Å². The van der Waals surface area contributed by atoms with Crippen molar-refractivity contribution in [1.82, 2.24) is 15.3 Å². The average molecular weight is 313 g/mol. The van der Waals surface area contributed by atoms with E-state index < -0.39 is 0 Å². The highest BCUT2D eigenvalue weighted by Gasteiger charge is 2.16. The van der Waals surface area contributed by atoms with Gasteiger partial charge < -0.3 is 14.8 Å².